The molecule has 5 nitrogen and oxygen atoms in total. The number of unbranched alkanes of at least 4 members (excludes halogenated alkanes) is 1. The number of rotatable bonds is 7. The van der Waals surface area contributed by atoms with E-state index in [-0.39, 0.29) is 18.0 Å². The van der Waals surface area contributed by atoms with Gasteiger partial charge in [0.25, 0.3) is 0 Å². The SMILES string of the molecule is CCOc1ncnc(NCCCCC(F)(F)F)c1N. The van der Waals surface area contributed by atoms with Gasteiger partial charge in [-0.25, -0.2) is 4.98 Å². The maximum Gasteiger partial charge on any atom is 0.389 e. The van der Waals surface area contributed by atoms with Gasteiger partial charge in [-0.1, -0.05) is 0 Å². The smallest absolute Gasteiger partial charge is 0.389 e. The Balaban J connectivity index is 2.39. The van der Waals surface area contributed by atoms with Crippen molar-refractivity contribution >= 4 is 11.5 Å². The van der Waals surface area contributed by atoms with Gasteiger partial charge in [-0.2, -0.15) is 18.2 Å². The number of nitrogens with zero attached hydrogens (tertiary/aromatic N) is 2. The van der Waals surface area contributed by atoms with E-state index in [4.69, 9.17) is 10.5 Å². The second kappa shape index (κ2) is 7.01. The minimum atomic E-state index is -4.10. The zero-order chi connectivity index (χ0) is 14.3. The summed E-state index contributed by atoms with van der Waals surface area (Å²) in [6.07, 6.45) is -3.14. The fraction of sp³-hybridized carbons (Fsp3) is 0.636. The lowest BCUT2D eigenvalue weighted by molar-refractivity contribution is -0.135. The van der Waals surface area contributed by atoms with Crippen LogP contribution < -0.4 is 15.8 Å². The van der Waals surface area contributed by atoms with Gasteiger partial charge >= 0.3 is 6.18 Å². The van der Waals surface area contributed by atoms with Gasteiger partial charge in [-0.3, -0.25) is 0 Å². The number of hydrogen-bond acceptors (Lipinski definition) is 5. The lowest BCUT2D eigenvalue weighted by Crippen LogP contribution is -2.11. The van der Waals surface area contributed by atoms with E-state index in [1.165, 1.54) is 6.33 Å². The first-order chi connectivity index (χ1) is 8.94. The fourth-order valence-electron chi connectivity index (χ4n) is 1.43. The van der Waals surface area contributed by atoms with Gasteiger partial charge in [0.05, 0.1) is 6.61 Å². The molecule has 0 fully saturated rings. The third-order valence-corrected chi connectivity index (χ3v) is 2.31. The first-order valence-electron chi connectivity index (χ1n) is 5.98. The number of hydrogen-bond donors (Lipinski definition) is 2. The largest absolute Gasteiger partial charge is 0.476 e. The number of nitrogen functional groups attached to an aromatic ring is 1. The van der Waals surface area contributed by atoms with E-state index in [2.05, 4.69) is 15.3 Å². The molecule has 1 heterocycles. The molecule has 0 aliphatic rings. The van der Waals surface area contributed by atoms with Gasteiger partial charge in [0.15, 0.2) is 5.82 Å². The molecular formula is C11H17F3N4O. The zero-order valence-electron chi connectivity index (χ0n) is 10.6. The highest BCUT2D eigenvalue weighted by atomic mass is 19.4. The van der Waals surface area contributed by atoms with E-state index in [1.807, 2.05) is 0 Å². The van der Waals surface area contributed by atoms with Crippen LogP contribution in [0.25, 0.3) is 0 Å². The van der Waals surface area contributed by atoms with Crippen LogP contribution in [0.3, 0.4) is 0 Å². The van der Waals surface area contributed by atoms with Crippen LogP contribution in [-0.2, 0) is 0 Å². The van der Waals surface area contributed by atoms with Gasteiger partial charge < -0.3 is 15.8 Å². The second-order valence-electron chi connectivity index (χ2n) is 3.87. The van der Waals surface area contributed by atoms with E-state index >= 15 is 0 Å². The Morgan fingerprint density at radius 3 is 2.68 bits per heavy atom. The molecule has 0 saturated heterocycles. The van der Waals surface area contributed by atoms with Crippen LogP contribution in [0.15, 0.2) is 6.33 Å². The van der Waals surface area contributed by atoms with Crippen molar-refractivity contribution in [3.8, 4) is 5.88 Å². The summed E-state index contributed by atoms with van der Waals surface area (Å²) in [5.41, 5.74) is 6.02. The molecular weight excluding hydrogens is 261 g/mol. The highest BCUT2D eigenvalue weighted by molar-refractivity contribution is 5.66. The summed E-state index contributed by atoms with van der Waals surface area (Å²) >= 11 is 0. The van der Waals surface area contributed by atoms with Crippen LogP contribution in [0.1, 0.15) is 26.2 Å². The highest BCUT2D eigenvalue weighted by Crippen LogP contribution is 2.25. The Labute approximate surface area is 109 Å². The topological polar surface area (TPSA) is 73.1 Å². The van der Waals surface area contributed by atoms with Crippen molar-refractivity contribution in [2.75, 3.05) is 24.2 Å². The molecule has 0 aliphatic carbocycles. The first kappa shape index (κ1) is 15.3. The van der Waals surface area contributed by atoms with Gasteiger partial charge in [-0.15, -0.1) is 0 Å². The summed E-state index contributed by atoms with van der Waals surface area (Å²) in [5, 5.41) is 2.87. The average molecular weight is 278 g/mol. The maximum atomic E-state index is 11.9. The van der Waals surface area contributed by atoms with Crippen molar-refractivity contribution in [1.29, 1.82) is 0 Å². The van der Waals surface area contributed by atoms with Crippen LogP contribution in [0.2, 0.25) is 0 Å². The molecule has 19 heavy (non-hydrogen) atoms. The molecule has 0 spiro atoms. The molecule has 0 amide bonds. The van der Waals surface area contributed by atoms with E-state index in [0.29, 0.717) is 25.4 Å². The summed E-state index contributed by atoms with van der Waals surface area (Å²) in [6.45, 7) is 2.58. The van der Waals surface area contributed by atoms with Crippen molar-refractivity contribution < 1.29 is 17.9 Å². The number of nitrogens with two attached hydrogens (primary N) is 1. The second-order valence-corrected chi connectivity index (χ2v) is 3.87. The average Bonchev–Trinajstić information content (AvgIpc) is 2.32. The normalized spacial score (nSPS) is 11.4. The Hall–Kier alpha value is -1.73. The summed E-state index contributed by atoms with van der Waals surface area (Å²) in [6, 6.07) is 0. The minimum Gasteiger partial charge on any atom is -0.476 e. The van der Waals surface area contributed by atoms with Crippen molar-refractivity contribution in [1.82, 2.24) is 9.97 Å². The maximum absolute atomic E-state index is 11.9. The molecule has 0 radical (unpaired) electrons. The third kappa shape index (κ3) is 5.62. The molecule has 1 aromatic heterocycles. The third-order valence-electron chi connectivity index (χ3n) is 2.31. The van der Waals surface area contributed by atoms with Crippen molar-refractivity contribution in [3.63, 3.8) is 0 Å². The predicted molar refractivity (Wildman–Crippen MR) is 66.0 cm³/mol. The van der Waals surface area contributed by atoms with E-state index in [9.17, 15) is 13.2 Å². The summed E-state index contributed by atoms with van der Waals surface area (Å²) in [5.74, 6) is 0.653. The molecule has 0 aromatic carbocycles. The number of aromatic nitrogens is 2. The Kier molecular flexibility index (Phi) is 5.65. The van der Waals surface area contributed by atoms with Crippen LogP contribution >= 0.6 is 0 Å². The molecule has 0 bridgehead atoms. The summed E-state index contributed by atoms with van der Waals surface area (Å²) in [4.78, 5) is 7.78. The molecule has 0 atom stereocenters. The molecule has 0 unspecified atom stereocenters. The monoisotopic (exact) mass is 278 g/mol. The number of nitrogens with one attached hydrogen (secondary N) is 1. The summed E-state index contributed by atoms with van der Waals surface area (Å²) < 4.78 is 41.0. The lowest BCUT2D eigenvalue weighted by atomic mass is 10.2. The minimum absolute atomic E-state index is 0.0693. The van der Waals surface area contributed by atoms with E-state index in [0.717, 1.165) is 0 Å². The fourth-order valence-corrected chi connectivity index (χ4v) is 1.43. The van der Waals surface area contributed by atoms with Crippen molar-refractivity contribution in [3.05, 3.63) is 6.33 Å². The van der Waals surface area contributed by atoms with E-state index in [1.54, 1.807) is 6.92 Å². The number of alkyl halides is 3. The van der Waals surface area contributed by atoms with Gasteiger partial charge in [0.1, 0.15) is 12.0 Å². The van der Waals surface area contributed by atoms with Crippen LogP contribution in [0.5, 0.6) is 5.88 Å². The Morgan fingerprint density at radius 2 is 2.05 bits per heavy atom. The lowest BCUT2D eigenvalue weighted by Gasteiger charge is -2.11. The molecule has 0 aliphatic heterocycles. The zero-order valence-corrected chi connectivity index (χ0v) is 10.6. The van der Waals surface area contributed by atoms with Crippen molar-refractivity contribution in [2.24, 2.45) is 0 Å². The molecule has 8 heteroatoms. The predicted octanol–water partition coefficient (Wildman–Crippen LogP) is 2.60. The van der Waals surface area contributed by atoms with Gasteiger partial charge in [0, 0.05) is 13.0 Å². The van der Waals surface area contributed by atoms with Crippen LogP contribution in [-0.4, -0.2) is 29.3 Å². The first-order valence-corrected chi connectivity index (χ1v) is 5.98. The number of halogens is 3. The van der Waals surface area contributed by atoms with Crippen molar-refractivity contribution in [2.45, 2.75) is 32.4 Å². The van der Waals surface area contributed by atoms with E-state index < -0.39 is 12.6 Å². The Bertz CT molecular complexity index is 398. The Morgan fingerprint density at radius 1 is 1.32 bits per heavy atom. The molecule has 3 N–H and O–H groups in total. The molecule has 0 saturated carbocycles. The summed E-state index contributed by atoms with van der Waals surface area (Å²) in [7, 11) is 0. The molecule has 1 rings (SSSR count). The number of anilines is 2. The van der Waals surface area contributed by atoms with Gasteiger partial charge in [-0.05, 0) is 19.8 Å². The van der Waals surface area contributed by atoms with Crippen LogP contribution in [0, 0.1) is 0 Å². The van der Waals surface area contributed by atoms with Gasteiger partial charge in [0.2, 0.25) is 5.88 Å². The number of ether oxygens (including phenoxy) is 1. The molecule has 108 valence electrons. The quantitative estimate of drug-likeness (QED) is 0.750. The highest BCUT2D eigenvalue weighted by Gasteiger charge is 2.25. The standard InChI is InChI=1S/C11H17F3N4O/c1-2-19-10-8(15)9(17-7-18-10)16-6-4-3-5-11(12,13)14/h7H,2-6,15H2,1H3,(H,16,17,18). The van der Waals surface area contributed by atoms with Crippen LogP contribution in [0.4, 0.5) is 24.7 Å². The molecule has 1 aromatic rings.